The van der Waals surface area contributed by atoms with Gasteiger partial charge in [0.15, 0.2) is 11.6 Å². The van der Waals surface area contributed by atoms with E-state index in [9.17, 15) is 26.8 Å². The van der Waals surface area contributed by atoms with Crippen LogP contribution in [0.5, 0.6) is 0 Å². The summed E-state index contributed by atoms with van der Waals surface area (Å²) in [4.78, 5) is 24.9. The van der Waals surface area contributed by atoms with Gasteiger partial charge in [-0.2, -0.15) is 4.31 Å². The summed E-state index contributed by atoms with van der Waals surface area (Å²) in [6.45, 7) is 0.602. The Labute approximate surface area is 214 Å². The fourth-order valence-corrected chi connectivity index (χ4v) is 5.77. The van der Waals surface area contributed by atoms with Crippen LogP contribution in [0.3, 0.4) is 0 Å². The lowest BCUT2D eigenvalue weighted by Gasteiger charge is -2.29. The second-order valence-electron chi connectivity index (χ2n) is 8.79. The number of hydrogen-bond acceptors (Lipinski definition) is 4. The second kappa shape index (κ2) is 11.6. The van der Waals surface area contributed by atoms with E-state index in [-0.39, 0.29) is 18.9 Å². The molecule has 7 nitrogen and oxygen atoms in total. The van der Waals surface area contributed by atoms with Crippen molar-refractivity contribution in [3.05, 3.63) is 101 Å². The molecule has 2 amide bonds. The van der Waals surface area contributed by atoms with Gasteiger partial charge in [0.1, 0.15) is 6.04 Å². The Hall–Kier alpha value is -3.63. The molecule has 0 saturated carbocycles. The van der Waals surface area contributed by atoms with E-state index >= 15 is 0 Å². The Bertz CT molecular complexity index is 1370. The van der Waals surface area contributed by atoms with Crippen molar-refractivity contribution in [3.63, 3.8) is 0 Å². The van der Waals surface area contributed by atoms with E-state index in [0.29, 0.717) is 43.1 Å². The van der Waals surface area contributed by atoms with E-state index in [4.69, 9.17) is 0 Å². The Morgan fingerprint density at radius 1 is 0.946 bits per heavy atom. The molecule has 1 aliphatic heterocycles. The second-order valence-corrected chi connectivity index (χ2v) is 10.7. The van der Waals surface area contributed by atoms with Gasteiger partial charge in [-0.05, 0) is 60.7 Å². The van der Waals surface area contributed by atoms with Crippen LogP contribution in [0.15, 0.2) is 77.7 Å². The smallest absolute Gasteiger partial charge is 0.251 e. The highest BCUT2D eigenvalue weighted by Gasteiger charge is 2.37. The molecule has 37 heavy (non-hydrogen) atoms. The molecule has 1 fully saturated rings. The van der Waals surface area contributed by atoms with Gasteiger partial charge in [0, 0.05) is 25.2 Å². The van der Waals surface area contributed by atoms with Gasteiger partial charge in [0.25, 0.3) is 5.91 Å². The van der Waals surface area contributed by atoms with Crippen LogP contribution < -0.4 is 10.6 Å². The summed E-state index contributed by atoms with van der Waals surface area (Å²) in [5, 5.41) is 5.56. The van der Waals surface area contributed by atoms with E-state index in [1.807, 2.05) is 30.3 Å². The van der Waals surface area contributed by atoms with Crippen LogP contribution in [0.25, 0.3) is 0 Å². The lowest BCUT2D eigenvalue weighted by atomic mass is 10.1. The van der Waals surface area contributed by atoms with Crippen molar-refractivity contribution >= 4 is 21.8 Å². The average Bonchev–Trinajstić information content (AvgIpc) is 3.12. The molecule has 3 aromatic rings. The van der Waals surface area contributed by atoms with E-state index in [1.54, 1.807) is 24.3 Å². The number of amides is 2. The fraction of sp³-hybridized carbons (Fsp3) is 0.259. The summed E-state index contributed by atoms with van der Waals surface area (Å²) in [5.41, 5.74) is 1.87. The first-order valence-corrected chi connectivity index (χ1v) is 13.4. The van der Waals surface area contributed by atoms with Gasteiger partial charge in [0.2, 0.25) is 15.9 Å². The molecule has 1 heterocycles. The third kappa shape index (κ3) is 6.39. The van der Waals surface area contributed by atoms with Crippen LogP contribution in [-0.2, 0) is 27.9 Å². The zero-order chi connectivity index (χ0) is 26.4. The topological polar surface area (TPSA) is 95.6 Å². The summed E-state index contributed by atoms with van der Waals surface area (Å²) in [6, 6.07) is 17.1. The fourth-order valence-electron chi connectivity index (χ4n) is 4.16. The summed E-state index contributed by atoms with van der Waals surface area (Å²) in [5.74, 6) is -3.19. The summed E-state index contributed by atoms with van der Waals surface area (Å²) >= 11 is 0. The first kappa shape index (κ1) is 26.4. The number of carbonyl (C=O) groups excluding carboxylic acids is 2. The molecule has 3 aromatic carbocycles. The maximum Gasteiger partial charge on any atom is 0.251 e. The number of hydrogen-bond donors (Lipinski definition) is 2. The minimum atomic E-state index is -4.37. The van der Waals surface area contributed by atoms with Gasteiger partial charge >= 0.3 is 0 Å². The molecule has 0 spiro atoms. The van der Waals surface area contributed by atoms with Crippen molar-refractivity contribution in [2.45, 2.75) is 43.3 Å². The van der Waals surface area contributed by atoms with Gasteiger partial charge in [-0.1, -0.05) is 42.5 Å². The maximum absolute atomic E-state index is 13.9. The standard InChI is InChI=1S/C27H27F2N3O4S/c28-23-14-13-22(16-24(23)29)37(35,36)32(25-8-4-5-15-30-27(25)34)18-20-9-11-21(12-10-20)26(33)31-17-19-6-2-1-3-7-19/h1-3,6-7,9-14,16,25H,4-5,8,15,17-18H2,(H,30,34)(H,31,33)/t25-/m1/s1. The van der Waals surface area contributed by atoms with Crippen molar-refractivity contribution in [2.24, 2.45) is 0 Å². The first-order valence-electron chi connectivity index (χ1n) is 11.9. The summed E-state index contributed by atoms with van der Waals surface area (Å²) < 4.78 is 55.5. The molecule has 0 radical (unpaired) electrons. The molecule has 1 atom stereocenters. The van der Waals surface area contributed by atoms with Crippen molar-refractivity contribution in [1.82, 2.24) is 14.9 Å². The Morgan fingerprint density at radius 3 is 2.38 bits per heavy atom. The number of sulfonamides is 1. The third-order valence-electron chi connectivity index (χ3n) is 6.20. The summed E-state index contributed by atoms with van der Waals surface area (Å²) in [6.07, 6.45) is 1.61. The molecule has 0 aliphatic carbocycles. The Morgan fingerprint density at radius 2 is 1.68 bits per heavy atom. The molecule has 1 aliphatic rings. The highest BCUT2D eigenvalue weighted by molar-refractivity contribution is 7.89. The van der Waals surface area contributed by atoms with Crippen LogP contribution >= 0.6 is 0 Å². The number of halogens is 2. The molecule has 0 unspecified atom stereocenters. The van der Waals surface area contributed by atoms with Crippen LogP contribution in [0, 0.1) is 11.6 Å². The summed E-state index contributed by atoms with van der Waals surface area (Å²) in [7, 11) is -4.37. The van der Waals surface area contributed by atoms with Crippen molar-refractivity contribution < 1.29 is 26.8 Å². The predicted molar refractivity (Wildman–Crippen MR) is 134 cm³/mol. The maximum atomic E-state index is 13.9. The van der Waals surface area contributed by atoms with Crippen LogP contribution in [-0.4, -0.2) is 37.1 Å². The minimum absolute atomic E-state index is 0.189. The third-order valence-corrected chi connectivity index (χ3v) is 8.05. The van der Waals surface area contributed by atoms with Gasteiger partial charge in [-0.3, -0.25) is 9.59 Å². The molecule has 4 rings (SSSR count). The van der Waals surface area contributed by atoms with Crippen LogP contribution in [0.2, 0.25) is 0 Å². The van der Waals surface area contributed by atoms with E-state index in [0.717, 1.165) is 22.0 Å². The first-order chi connectivity index (χ1) is 17.8. The predicted octanol–water partition coefficient (Wildman–Crippen LogP) is 3.75. The number of rotatable bonds is 8. The van der Waals surface area contributed by atoms with E-state index in [2.05, 4.69) is 10.6 Å². The number of nitrogens with one attached hydrogen (secondary N) is 2. The highest BCUT2D eigenvalue weighted by atomic mass is 32.2. The average molecular weight is 528 g/mol. The van der Waals surface area contributed by atoms with Gasteiger partial charge in [-0.15, -0.1) is 0 Å². The number of carbonyl (C=O) groups is 2. The van der Waals surface area contributed by atoms with Crippen LogP contribution in [0.1, 0.15) is 40.7 Å². The lowest BCUT2D eigenvalue weighted by Crippen LogP contribution is -2.48. The number of nitrogens with zero attached hydrogens (tertiary/aromatic N) is 1. The van der Waals surface area contributed by atoms with Crippen molar-refractivity contribution in [1.29, 1.82) is 0 Å². The lowest BCUT2D eigenvalue weighted by molar-refractivity contribution is -0.124. The Balaban J connectivity index is 1.57. The van der Waals surface area contributed by atoms with Gasteiger partial charge < -0.3 is 10.6 Å². The Kier molecular flexibility index (Phi) is 8.30. The van der Waals surface area contributed by atoms with Gasteiger partial charge in [-0.25, -0.2) is 17.2 Å². The van der Waals surface area contributed by atoms with Crippen molar-refractivity contribution in [2.75, 3.05) is 6.54 Å². The SMILES string of the molecule is O=C(NCc1ccccc1)c1ccc(CN([C@@H]2CCCCNC2=O)S(=O)(=O)c2ccc(F)c(F)c2)cc1. The van der Waals surface area contributed by atoms with Crippen molar-refractivity contribution in [3.8, 4) is 0 Å². The molecule has 1 saturated heterocycles. The minimum Gasteiger partial charge on any atom is -0.355 e. The van der Waals surface area contributed by atoms with Gasteiger partial charge in [0.05, 0.1) is 4.90 Å². The molecule has 10 heteroatoms. The zero-order valence-electron chi connectivity index (χ0n) is 20.0. The highest BCUT2D eigenvalue weighted by Crippen LogP contribution is 2.26. The molecule has 194 valence electrons. The zero-order valence-corrected chi connectivity index (χ0v) is 20.8. The largest absolute Gasteiger partial charge is 0.355 e. The monoisotopic (exact) mass is 527 g/mol. The van der Waals surface area contributed by atoms with Crippen LogP contribution in [0.4, 0.5) is 8.78 Å². The normalized spacial score (nSPS) is 16.2. The molecular weight excluding hydrogens is 500 g/mol. The quantitative estimate of drug-likeness (QED) is 0.467. The van der Waals surface area contributed by atoms with E-state index in [1.165, 1.54) is 0 Å². The molecule has 0 aromatic heterocycles. The molecular formula is C27H27F2N3O4S. The number of benzene rings is 3. The molecule has 2 N–H and O–H groups in total. The molecule has 0 bridgehead atoms. The van der Waals surface area contributed by atoms with E-state index < -0.39 is 38.5 Å².